The standard InChI is InChI=1S/C14H22ClNO2S/c1-3-12-19(17,18)14-9-6-5-8-13(14)16(4-2)11-7-10-15/h5-6,8-9H,3-4,7,10-12H2,1-2H3. The van der Waals surface area contributed by atoms with Gasteiger partial charge in [0.05, 0.1) is 16.3 Å². The van der Waals surface area contributed by atoms with Crippen LogP contribution in [0.1, 0.15) is 26.7 Å². The molecule has 0 heterocycles. The maximum absolute atomic E-state index is 12.3. The van der Waals surface area contributed by atoms with E-state index in [-0.39, 0.29) is 5.75 Å². The molecular formula is C14H22ClNO2S. The van der Waals surface area contributed by atoms with Crippen molar-refractivity contribution in [3.8, 4) is 0 Å². The largest absolute Gasteiger partial charge is 0.371 e. The van der Waals surface area contributed by atoms with Crippen LogP contribution in [0.3, 0.4) is 0 Å². The number of sulfone groups is 1. The number of halogens is 1. The molecule has 19 heavy (non-hydrogen) atoms. The lowest BCUT2D eigenvalue weighted by Gasteiger charge is -2.25. The number of nitrogens with zero attached hydrogens (tertiary/aromatic N) is 1. The average Bonchev–Trinajstić information content (AvgIpc) is 2.40. The van der Waals surface area contributed by atoms with Gasteiger partial charge in [-0.3, -0.25) is 0 Å². The zero-order valence-electron chi connectivity index (χ0n) is 11.6. The molecule has 3 nitrogen and oxygen atoms in total. The van der Waals surface area contributed by atoms with Crippen LogP contribution < -0.4 is 4.90 Å². The Balaban J connectivity index is 3.13. The van der Waals surface area contributed by atoms with E-state index in [0.29, 0.717) is 17.2 Å². The number of hydrogen-bond donors (Lipinski definition) is 0. The normalized spacial score (nSPS) is 11.5. The molecule has 0 saturated carbocycles. The molecule has 0 atom stereocenters. The van der Waals surface area contributed by atoms with E-state index in [1.54, 1.807) is 12.1 Å². The van der Waals surface area contributed by atoms with E-state index in [9.17, 15) is 8.42 Å². The van der Waals surface area contributed by atoms with E-state index in [0.717, 1.165) is 25.2 Å². The van der Waals surface area contributed by atoms with Crippen LogP contribution in [0.15, 0.2) is 29.2 Å². The zero-order valence-corrected chi connectivity index (χ0v) is 13.2. The van der Waals surface area contributed by atoms with Crippen molar-refractivity contribution in [2.45, 2.75) is 31.6 Å². The zero-order chi connectivity index (χ0) is 14.3. The molecular weight excluding hydrogens is 282 g/mol. The predicted octanol–water partition coefficient (Wildman–Crippen LogP) is 3.33. The summed E-state index contributed by atoms with van der Waals surface area (Å²) in [6, 6.07) is 7.23. The van der Waals surface area contributed by atoms with Gasteiger partial charge in [0.2, 0.25) is 0 Å². The molecule has 1 rings (SSSR count). The Kier molecular flexibility index (Phi) is 6.66. The Labute approximate surface area is 121 Å². The van der Waals surface area contributed by atoms with Gasteiger partial charge in [0.15, 0.2) is 9.84 Å². The number of rotatable bonds is 8. The van der Waals surface area contributed by atoms with Crippen LogP contribution in [0.4, 0.5) is 5.69 Å². The number of benzene rings is 1. The Morgan fingerprint density at radius 3 is 2.47 bits per heavy atom. The highest BCUT2D eigenvalue weighted by molar-refractivity contribution is 7.91. The summed E-state index contributed by atoms with van der Waals surface area (Å²) >= 11 is 5.72. The molecule has 0 bridgehead atoms. The number of anilines is 1. The van der Waals surface area contributed by atoms with Crippen LogP contribution in [0.25, 0.3) is 0 Å². The number of para-hydroxylation sites is 1. The first-order chi connectivity index (χ1) is 9.06. The fraction of sp³-hybridized carbons (Fsp3) is 0.571. The summed E-state index contributed by atoms with van der Waals surface area (Å²) in [5, 5.41) is 0. The van der Waals surface area contributed by atoms with Crippen LogP contribution in [-0.4, -0.2) is 33.1 Å². The van der Waals surface area contributed by atoms with E-state index >= 15 is 0 Å². The van der Waals surface area contributed by atoms with Gasteiger partial charge in [0, 0.05) is 19.0 Å². The summed E-state index contributed by atoms with van der Waals surface area (Å²) in [5.41, 5.74) is 0.795. The first kappa shape index (κ1) is 16.3. The first-order valence-corrected chi connectivity index (χ1v) is 8.88. The summed E-state index contributed by atoms with van der Waals surface area (Å²) in [6.45, 7) is 5.46. The molecule has 0 radical (unpaired) electrons. The summed E-state index contributed by atoms with van der Waals surface area (Å²) in [6.07, 6.45) is 1.47. The lowest BCUT2D eigenvalue weighted by Crippen LogP contribution is -2.26. The highest BCUT2D eigenvalue weighted by atomic mass is 35.5. The first-order valence-electron chi connectivity index (χ1n) is 6.69. The SMILES string of the molecule is CCCS(=O)(=O)c1ccccc1N(CC)CCCCl. The third kappa shape index (κ3) is 4.39. The van der Waals surface area contributed by atoms with E-state index in [1.165, 1.54) is 0 Å². The lowest BCUT2D eigenvalue weighted by molar-refractivity contribution is 0.594. The van der Waals surface area contributed by atoms with Crippen LogP contribution in [0.2, 0.25) is 0 Å². The van der Waals surface area contributed by atoms with Gasteiger partial charge in [-0.1, -0.05) is 19.1 Å². The molecule has 5 heteroatoms. The minimum absolute atomic E-state index is 0.192. The van der Waals surface area contributed by atoms with Crippen LogP contribution in [0.5, 0.6) is 0 Å². The maximum Gasteiger partial charge on any atom is 0.180 e. The second-order valence-electron chi connectivity index (χ2n) is 4.41. The molecule has 1 aromatic carbocycles. The Bertz CT molecular complexity index is 488. The van der Waals surface area contributed by atoms with E-state index < -0.39 is 9.84 Å². The highest BCUT2D eigenvalue weighted by Crippen LogP contribution is 2.26. The minimum Gasteiger partial charge on any atom is -0.371 e. The van der Waals surface area contributed by atoms with E-state index in [4.69, 9.17) is 11.6 Å². The van der Waals surface area contributed by atoms with Gasteiger partial charge in [-0.05, 0) is 31.9 Å². The smallest absolute Gasteiger partial charge is 0.180 e. The van der Waals surface area contributed by atoms with Gasteiger partial charge in [-0.25, -0.2) is 8.42 Å². The molecule has 0 N–H and O–H groups in total. The van der Waals surface area contributed by atoms with Gasteiger partial charge in [-0.2, -0.15) is 0 Å². The monoisotopic (exact) mass is 303 g/mol. The van der Waals surface area contributed by atoms with E-state index in [1.807, 2.05) is 26.0 Å². The van der Waals surface area contributed by atoms with Crippen molar-refractivity contribution < 1.29 is 8.42 Å². The fourth-order valence-corrected chi connectivity index (χ4v) is 3.74. The average molecular weight is 304 g/mol. The minimum atomic E-state index is -3.20. The van der Waals surface area contributed by atoms with Gasteiger partial charge < -0.3 is 4.90 Å². The Hall–Kier alpha value is -0.740. The molecule has 0 aliphatic carbocycles. The quantitative estimate of drug-likeness (QED) is 0.691. The molecule has 0 saturated heterocycles. The van der Waals surface area contributed by atoms with Gasteiger partial charge in [-0.15, -0.1) is 11.6 Å². The van der Waals surface area contributed by atoms with Crippen molar-refractivity contribution in [1.29, 1.82) is 0 Å². The summed E-state index contributed by atoms with van der Waals surface area (Å²) in [4.78, 5) is 2.51. The maximum atomic E-state index is 12.3. The molecule has 0 aromatic heterocycles. The fourth-order valence-electron chi connectivity index (χ4n) is 2.06. The van der Waals surface area contributed by atoms with Crippen molar-refractivity contribution in [1.82, 2.24) is 0 Å². The van der Waals surface area contributed by atoms with E-state index in [2.05, 4.69) is 4.90 Å². The molecule has 0 spiro atoms. The molecule has 1 aromatic rings. The van der Waals surface area contributed by atoms with Crippen LogP contribution in [-0.2, 0) is 9.84 Å². The molecule has 0 amide bonds. The second-order valence-corrected chi connectivity index (χ2v) is 6.86. The van der Waals surface area contributed by atoms with Crippen LogP contribution in [0, 0.1) is 0 Å². The van der Waals surface area contributed by atoms with Crippen molar-refractivity contribution in [3.63, 3.8) is 0 Å². The third-order valence-corrected chi connectivity index (χ3v) is 5.19. The molecule has 0 fully saturated rings. The van der Waals surface area contributed by atoms with Gasteiger partial charge in [0.1, 0.15) is 0 Å². The van der Waals surface area contributed by atoms with Crippen molar-refractivity contribution in [2.24, 2.45) is 0 Å². The van der Waals surface area contributed by atoms with Gasteiger partial charge in [0.25, 0.3) is 0 Å². The second kappa shape index (κ2) is 7.75. The lowest BCUT2D eigenvalue weighted by atomic mass is 10.2. The topological polar surface area (TPSA) is 37.4 Å². The Morgan fingerprint density at radius 2 is 1.89 bits per heavy atom. The molecule has 108 valence electrons. The summed E-state index contributed by atoms with van der Waals surface area (Å²) < 4.78 is 24.6. The summed E-state index contributed by atoms with van der Waals surface area (Å²) in [5.74, 6) is 0.775. The third-order valence-electron chi connectivity index (χ3n) is 2.96. The van der Waals surface area contributed by atoms with Gasteiger partial charge >= 0.3 is 0 Å². The highest BCUT2D eigenvalue weighted by Gasteiger charge is 2.20. The molecule has 0 aliphatic rings. The number of hydrogen-bond acceptors (Lipinski definition) is 3. The Morgan fingerprint density at radius 1 is 1.21 bits per heavy atom. The van der Waals surface area contributed by atoms with Crippen molar-refractivity contribution in [2.75, 3.05) is 29.6 Å². The number of alkyl halides is 1. The summed E-state index contributed by atoms with van der Waals surface area (Å²) in [7, 11) is -3.20. The molecule has 0 unspecified atom stereocenters. The van der Waals surface area contributed by atoms with Crippen molar-refractivity contribution in [3.05, 3.63) is 24.3 Å². The van der Waals surface area contributed by atoms with Crippen LogP contribution >= 0.6 is 11.6 Å². The molecule has 0 aliphatic heterocycles. The van der Waals surface area contributed by atoms with Crippen molar-refractivity contribution >= 4 is 27.1 Å². The predicted molar refractivity (Wildman–Crippen MR) is 82.0 cm³/mol.